The molecule has 1 saturated heterocycles. The van der Waals surface area contributed by atoms with Crippen LogP contribution in [0.1, 0.15) is 37.7 Å². The second-order valence-electron chi connectivity index (χ2n) is 9.79. The SMILES string of the molecule is CN1CC[C@]23C4=C5O[C@H]2C(=O)CC[C@H]3[C@H]1CC4=CCC5(OC(=O)O)c1ccc([N+](=O)[O-])cc1. The maximum absolute atomic E-state index is 13.1. The van der Waals surface area contributed by atoms with Crippen molar-refractivity contribution in [1.82, 2.24) is 4.90 Å². The summed E-state index contributed by atoms with van der Waals surface area (Å²) in [6, 6.07) is 6.05. The van der Waals surface area contributed by atoms with E-state index >= 15 is 0 Å². The van der Waals surface area contributed by atoms with Crippen molar-refractivity contribution in [1.29, 1.82) is 0 Å². The fourth-order valence-corrected chi connectivity index (χ4v) is 7.16. The molecule has 6 rings (SSSR count). The van der Waals surface area contributed by atoms with E-state index in [1.165, 1.54) is 24.3 Å². The first-order valence-electron chi connectivity index (χ1n) is 11.3. The first-order valence-corrected chi connectivity index (χ1v) is 11.3. The average Bonchev–Trinajstić information content (AvgIpc) is 3.15. The van der Waals surface area contributed by atoms with Gasteiger partial charge < -0.3 is 19.5 Å². The number of ketones is 1. The predicted molar refractivity (Wildman–Crippen MR) is 114 cm³/mol. The van der Waals surface area contributed by atoms with Gasteiger partial charge in [-0.25, -0.2) is 4.79 Å². The standard InChI is InChI=1S/C24H24N2O7/c1-25-11-10-23-16-6-7-18(27)20(23)32-21-19(23)13(12-17(16)25)8-9-24(21,33-22(28)29)14-2-4-15(5-3-14)26(30)31/h2-5,8,16-17,20H,6-7,9-12H2,1H3,(H,28,29)/t16-,17+,20-,23-,24?/m0/s1. The lowest BCUT2D eigenvalue weighted by atomic mass is 9.49. The number of non-ortho nitro benzene ring substituents is 1. The highest BCUT2D eigenvalue weighted by molar-refractivity contribution is 5.88. The van der Waals surface area contributed by atoms with Crippen LogP contribution in [0.2, 0.25) is 0 Å². The predicted octanol–water partition coefficient (Wildman–Crippen LogP) is 3.54. The molecule has 172 valence electrons. The Labute approximate surface area is 189 Å². The van der Waals surface area contributed by atoms with Crippen LogP contribution in [0.25, 0.3) is 0 Å². The minimum absolute atomic E-state index is 0.0538. The maximum Gasteiger partial charge on any atom is 0.507 e. The molecule has 9 heteroatoms. The monoisotopic (exact) mass is 452 g/mol. The Morgan fingerprint density at radius 1 is 1.33 bits per heavy atom. The molecule has 9 nitrogen and oxygen atoms in total. The third-order valence-electron chi connectivity index (χ3n) is 8.52. The number of benzene rings is 1. The van der Waals surface area contributed by atoms with Crippen molar-refractivity contribution in [2.75, 3.05) is 13.6 Å². The lowest BCUT2D eigenvalue weighted by Gasteiger charge is -2.58. The van der Waals surface area contributed by atoms with E-state index in [0.717, 1.165) is 37.0 Å². The van der Waals surface area contributed by atoms with Crippen LogP contribution in [0.3, 0.4) is 0 Å². The molecule has 1 N–H and O–H groups in total. The molecule has 1 aromatic rings. The van der Waals surface area contributed by atoms with Gasteiger partial charge in [-0.1, -0.05) is 6.08 Å². The van der Waals surface area contributed by atoms with Crippen LogP contribution in [0.4, 0.5) is 10.5 Å². The van der Waals surface area contributed by atoms with Crippen molar-refractivity contribution in [3.05, 3.63) is 62.9 Å². The number of hydrogen-bond acceptors (Lipinski definition) is 7. The first-order chi connectivity index (χ1) is 15.8. The molecule has 0 aromatic heterocycles. The van der Waals surface area contributed by atoms with Crippen LogP contribution >= 0.6 is 0 Å². The van der Waals surface area contributed by atoms with E-state index in [1.807, 2.05) is 6.08 Å². The molecule has 2 bridgehead atoms. The van der Waals surface area contributed by atoms with Gasteiger partial charge in [0, 0.05) is 47.6 Å². The van der Waals surface area contributed by atoms with Crippen LogP contribution < -0.4 is 0 Å². The number of hydrogen-bond donors (Lipinski definition) is 1. The van der Waals surface area contributed by atoms with Crippen LogP contribution in [-0.2, 0) is 19.9 Å². The van der Waals surface area contributed by atoms with Gasteiger partial charge in [0.2, 0.25) is 5.60 Å². The van der Waals surface area contributed by atoms with Crippen LogP contribution in [0.15, 0.2) is 47.2 Å². The lowest BCUT2D eigenvalue weighted by molar-refractivity contribution is -0.384. The second kappa shape index (κ2) is 6.66. The number of carboxylic acid groups (broad SMARTS) is 1. The molecule has 2 aliphatic heterocycles. The van der Waals surface area contributed by atoms with Crippen LogP contribution in [0, 0.1) is 21.4 Å². The zero-order valence-electron chi connectivity index (χ0n) is 18.2. The van der Waals surface area contributed by atoms with Crippen LogP contribution in [0.5, 0.6) is 0 Å². The molecule has 3 fully saturated rings. The molecule has 3 aliphatic carbocycles. The molecular weight excluding hydrogens is 428 g/mol. The largest absolute Gasteiger partial charge is 0.507 e. The van der Waals surface area contributed by atoms with Crippen molar-refractivity contribution >= 4 is 17.6 Å². The van der Waals surface area contributed by atoms with Gasteiger partial charge >= 0.3 is 6.16 Å². The third kappa shape index (κ3) is 2.51. The zero-order chi connectivity index (χ0) is 23.1. The normalized spacial score (nSPS) is 36.6. The fourth-order valence-electron chi connectivity index (χ4n) is 7.16. The van der Waals surface area contributed by atoms with Gasteiger partial charge in [0.15, 0.2) is 17.6 Å². The van der Waals surface area contributed by atoms with Gasteiger partial charge in [-0.15, -0.1) is 0 Å². The number of carbonyl (C=O) groups is 2. The Morgan fingerprint density at radius 3 is 2.79 bits per heavy atom. The Morgan fingerprint density at radius 2 is 2.09 bits per heavy atom. The van der Waals surface area contributed by atoms with Crippen LogP contribution in [-0.4, -0.2) is 52.6 Å². The van der Waals surface area contributed by atoms with Gasteiger partial charge in [0.25, 0.3) is 5.69 Å². The Balaban J connectivity index is 1.57. The number of nitro benzene ring substituents is 1. The van der Waals surface area contributed by atoms with Crippen molar-refractivity contribution in [3.63, 3.8) is 0 Å². The molecule has 5 atom stereocenters. The number of carbonyl (C=O) groups excluding carboxylic acids is 1. The molecule has 33 heavy (non-hydrogen) atoms. The number of piperidine rings is 1. The second-order valence-corrected chi connectivity index (χ2v) is 9.79. The van der Waals surface area contributed by atoms with E-state index in [9.17, 15) is 24.8 Å². The van der Waals surface area contributed by atoms with Crippen molar-refractivity contribution in [2.45, 2.75) is 49.9 Å². The summed E-state index contributed by atoms with van der Waals surface area (Å²) in [5.41, 5.74) is 0.469. The summed E-state index contributed by atoms with van der Waals surface area (Å²) in [4.78, 5) is 38.1. The van der Waals surface area contributed by atoms with Gasteiger partial charge in [-0.3, -0.25) is 14.9 Å². The average molecular weight is 452 g/mol. The number of nitrogens with zero attached hydrogens (tertiary/aromatic N) is 2. The van der Waals surface area contributed by atoms with Gasteiger partial charge in [0.1, 0.15) is 0 Å². The van der Waals surface area contributed by atoms with Gasteiger partial charge in [-0.2, -0.15) is 0 Å². The van der Waals surface area contributed by atoms with E-state index in [2.05, 4.69) is 11.9 Å². The minimum atomic E-state index is -1.48. The summed E-state index contributed by atoms with van der Waals surface area (Å²) in [6.07, 6.45) is 2.97. The summed E-state index contributed by atoms with van der Waals surface area (Å²) >= 11 is 0. The van der Waals surface area contributed by atoms with Crippen molar-refractivity contribution in [2.24, 2.45) is 11.3 Å². The number of Topliss-reactive ketones (excluding diaryl/α,β-unsaturated/α-hetero) is 1. The molecule has 1 spiro atoms. The highest BCUT2D eigenvalue weighted by Gasteiger charge is 2.69. The molecule has 1 unspecified atom stereocenters. The topological polar surface area (TPSA) is 119 Å². The molecule has 0 radical (unpaired) electrons. The highest BCUT2D eigenvalue weighted by atomic mass is 16.7. The van der Waals surface area contributed by atoms with Gasteiger partial charge in [-0.05, 0) is 56.5 Å². The summed E-state index contributed by atoms with van der Waals surface area (Å²) in [7, 11) is 2.13. The number of ether oxygens (including phenoxy) is 2. The molecule has 0 amide bonds. The number of rotatable bonds is 3. The van der Waals surface area contributed by atoms with E-state index in [1.54, 1.807) is 0 Å². The number of likely N-dealkylation sites (tertiary alicyclic amines) is 1. The molecular formula is C24H24N2O7. The molecule has 1 aromatic carbocycles. The quantitative estimate of drug-likeness (QED) is 0.420. The fraction of sp³-hybridized carbons (Fsp3) is 0.500. The zero-order valence-corrected chi connectivity index (χ0v) is 18.2. The van der Waals surface area contributed by atoms with E-state index in [0.29, 0.717) is 23.8 Å². The molecule has 2 saturated carbocycles. The summed E-state index contributed by atoms with van der Waals surface area (Å²) in [5.74, 6) is 0.712. The lowest BCUT2D eigenvalue weighted by Crippen LogP contribution is -2.63. The molecule has 2 heterocycles. The summed E-state index contributed by atoms with van der Waals surface area (Å²) in [6.45, 7) is 0.836. The third-order valence-corrected chi connectivity index (χ3v) is 8.52. The Hall–Kier alpha value is -3.20. The van der Waals surface area contributed by atoms with E-state index < -0.39 is 28.2 Å². The minimum Gasteiger partial charge on any atom is -0.481 e. The Kier molecular flexibility index (Phi) is 4.12. The van der Waals surface area contributed by atoms with Gasteiger partial charge in [0.05, 0.1) is 4.92 Å². The van der Waals surface area contributed by atoms with E-state index in [4.69, 9.17) is 9.47 Å². The molecule has 5 aliphatic rings. The smallest absolute Gasteiger partial charge is 0.481 e. The number of nitro groups is 1. The van der Waals surface area contributed by atoms with Crippen molar-refractivity contribution < 1.29 is 29.1 Å². The highest BCUT2D eigenvalue weighted by Crippen LogP contribution is 2.67. The summed E-state index contributed by atoms with van der Waals surface area (Å²) in [5, 5.41) is 20.9. The summed E-state index contributed by atoms with van der Waals surface area (Å²) < 4.78 is 12.1. The van der Waals surface area contributed by atoms with Crippen molar-refractivity contribution in [3.8, 4) is 0 Å². The Bertz CT molecular complexity index is 1160. The first kappa shape index (κ1) is 20.4. The maximum atomic E-state index is 13.1. The van der Waals surface area contributed by atoms with E-state index in [-0.39, 0.29) is 23.8 Å².